The Kier molecular flexibility index (Phi) is 6.81. The van der Waals surface area contributed by atoms with E-state index in [4.69, 9.17) is 4.74 Å². The molecule has 1 fully saturated rings. The number of nitro groups is 1. The smallest absolute Gasteiger partial charge is 0.410 e. The second kappa shape index (κ2) is 8.69. The number of para-hydroxylation sites is 1. The molecule has 0 saturated carbocycles. The number of benzene rings is 1. The molecule has 0 radical (unpaired) electrons. The summed E-state index contributed by atoms with van der Waals surface area (Å²) >= 11 is 0. The van der Waals surface area contributed by atoms with Gasteiger partial charge in [0.05, 0.1) is 11.5 Å². The van der Waals surface area contributed by atoms with Gasteiger partial charge >= 0.3 is 6.09 Å². The molecule has 1 heterocycles. The Labute approximate surface area is 161 Å². The van der Waals surface area contributed by atoms with Crippen LogP contribution in [-0.2, 0) is 11.3 Å². The predicted octanol–water partition coefficient (Wildman–Crippen LogP) is 4.20. The molecular weight excluding hydrogens is 346 g/mol. The van der Waals surface area contributed by atoms with Crippen LogP contribution in [0.2, 0.25) is 0 Å². The number of piperidine rings is 1. The van der Waals surface area contributed by atoms with Crippen LogP contribution in [0.5, 0.6) is 0 Å². The molecule has 2 rings (SSSR count). The number of rotatable bonds is 5. The standard InChI is InChI=1S/C20H31N3O4/c1-15(2)21-12-10-17(11-13-21)22(19(24)27-20(3,4)5)14-16-8-6-7-9-18(16)23(25)26/h6-9,15,17H,10-14H2,1-5H3. The number of hydrogen-bond donors (Lipinski definition) is 0. The van der Waals surface area contributed by atoms with Crippen molar-refractivity contribution < 1.29 is 14.5 Å². The van der Waals surface area contributed by atoms with E-state index in [1.807, 2.05) is 20.8 Å². The lowest BCUT2D eigenvalue weighted by Gasteiger charge is -2.40. The van der Waals surface area contributed by atoms with Crippen LogP contribution in [0, 0.1) is 10.1 Å². The van der Waals surface area contributed by atoms with Crippen molar-refractivity contribution in [1.82, 2.24) is 9.80 Å². The molecule has 0 N–H and O–H groups in total. The minimum Gasteiger partial charge on any atom is -0.444 e. The largest absolute Gasteiger partial charge is 0.444 e. The topological polar surface area (TPSA) is 75.9 Å². The Morgan fingerprint density at radius 3 is 2.41 bits per heavy atom. The van der Waals surface area contributed by atoms with Gasteiger partial charge in [-0.3, -0.25) is 10.1 Å². The molecule has 1 saturated heterocycles. The van der Waals surface area contributed by atoms with Crippen molar-refractivity contribution in [3.8, 4) is 0 Å². The van der Waals surface area contributed by atoms with Gasteiger partial charge < -0.3 is 14.5 Å². The van der Waals surface area contributed by atoms with Gasteiger partial charge in [-0.05, 0) is 47.5 Å². The molecular formula is C20H31N3O4. The zero-order valence-corrected chi connectivity index (χ0v) is 17.0. The number of likely N-dealkylation sites (tertiary alicyclic amines) is 1. The fourth-order valence-electron chi connectivity index (χ4n) is 3.38. The maximum absolute atomic E-state index is 12.9. The summed E-state index contributed by atoms with van der Waals surface area (Å²) in [5, 5.41) is 11.4. The van der Waals surface area contributed by atoms with E-state index in [1.54, 1.807) is 23.1 Å². The van der Waals surface area contributed by atoms with Gasteiger partial charge in [0.15, 0.2) is 0 Å². The Morgan fingerprint density at radius 2 is 1.89 bits per heavy atom. The van der Waals surface area contributed by atoms with Gasteiger partial charge in [-0.2, -0.15) is 0 Å². The highest BCUT2D eigenvalue weighted by Gasteiger charge is 2.33. The number of nitrogens with zero attached hydrogens (tertiary/aromatic N) is 3. The van der Waals surface area contributed by atoms with Crippen LogP contribution in [-0.4, -0.2) is 51.6 Å². The van der Waals surface area contributed by atoms with Crippen LogP contribution < -0.4 is 0 Å². The Bertz CT molecular complexity index is 661. The van der Waals surface area contributed by atoms with Crippen molar-refractivity contribution in [3.63, 3.8) is 0 Å². The van der Waals surface area contributed by atoms with Crippen LogP contribution >= 0.6 is 0 Å². The minimum atomic E-state index is -0.614. The van der Waals surface area contributed by atoms with Crippen molar-refractivity contribution in [2.45, 2.75) is 71.7 Å². The predicted molar refractivity (Wildman–Crippen MR) is 105 cm³/mol. The normalized spacial score (nSPS) is 16.4. The molecule has 7 heteroatoms. The van der Waals surface area contributed by atoms with E-state index >= 15 is 0 Å². The van der Waals surface area contributed by atoms with Gasteiger partial charge in [-0.25, -0.2) is 4.79 Å². The van der Waals surface area contributed by atoms with Crippen LogP contribution in [0.1, 0.15) is 53.0 Å². The van der Waals surface area contributed by atoms with E-state index < -0.39 is 16.6 Å². The summed E-state index contributed by atoms with van der Waals surface area (Å²) < 4.78 is 5.60. The van der Waals surface area contributed by atoms with Crippen molar-refractivity contribution >= 4 is 11.8 Å². The first-order valence-corrected chi connectivity index (χ1v) is 9.54. The lowest BCUT2D eigenvalue weighted by molar-refractivity contribution is -0.385. The summed E-state index contributed by atoms with van der Waals surface area (Å²) in [5.41, 5.74) is -0.0540. The molecule has 7 nitrogen and oxygen atoms in total. The van der Waals surface area contributed by atoms with Crippen LogP contribution in [0.25, 0.3) is 0 Å². The van der Waals surface area contributed by atoms with Crippen molar-refractivity contribution in [2.24, 2.45) is 0 Å². The average Bonchev–Trinajstić information content (AvgIpc) is 2.58. The Balaban J connectivity index is 2.23. The zero-order chi connectivity index (χ0) is 20.2. The Morgan fingerprint density at radius 1 is 1.30 bits per heavy atom. The summed E-state index contributed by atoms with van der Waals surface area (Å²) in [7, 11) is 0. The van der Waals surface area contributed by atoms with E-state index in [2.05, 4.69) is 18.7 Å². The highest BCUT2D eigenvalue weighted by Crippen LogP contribution is 2.26. The maximum atomic E-state index is 12.9. The van der Waals surface area contributed by atoms with Crippen molar-refractivity contribution in [3.05, 3.63) is 39.9 Å². The number of nitro benzene ring substituents is 1. The van der Waals surface area contributed by atoms with Crippen LogP contribution in [0.3, 0.4) is 0 Å². The number of carbonyl (C=O) groups is 1. The Hall–Kier alpha value is -2.15. The van der Waals surface area contributed by atoms with Gasteiger partial charge in [0.1, 0.15) is 5.60 Å². The van der Waals surface area contributed by atoms with Crippen LogP contribution in [0.4, 0.5) is 10.5 Å². The van der Waals surface area contributed by atoms with Gasteiger partial charge in [-0.1, -0.05) is 18.2 Å². The quantitative estimate of drug-likeness (QED) is 0.568. The summed E-state index contributed by atoms with van der Waals surface area (Å²) in [6.45, 7) is 11.8. The SMILES string of the molecule is CC(C)N1CCC(N(Cc2ccccc2[N+](=O)[O-])C(=O)OC(C)(C)C)CC1. The second-order valence-electron chi connectivity index (χ2n) is 8.35. The number of ether oxygens (including phenoxy) is 1. The molecule has 0 atom stereocenters. The van der Waals surface area contributed by atoms with E-state index in [0.717, 1.165) is 25.9 Å². The molecule has 1 aromatic rings. The van der Waals surface area contributed by atoms with E-state index in [1.165, 1.54) is 6.07 Å². The third kappa shape index (κ3) is 5.92. The fourth-order valence-corrected chi connectivity index (χ4v) is 3.38. The summed E-state index contributed by atoms with van der Waals surface area (Å²) in [6, 6.07) is 7.06. The number of carbonyl (C=O) groups excluding carboxylic acids is 1. The molecule has 0 aliphatic carbocycles. The van der Waals surface area contributed by atoms with Gasteiger partial charge in [-0.15, -0.1) is 0 Å². The van der Waals surface area contributed by atoms with Crippen molar-refractivity contribution in [1.29, 1.82) is 0 Å². The zero-order valence-electron chi connectivity index (χ0n) is 17.0. The first-order chi connectivity index (χ1) is 12.6. The second-order valence-corrected chi connectivity index (χ2v) is 8.35. The molecule has 1 aliphatic rings. The average molecular weight is 377 g/mol. The summed E-state index contributed by atoms with van der Waals surface area (Å²) in [6.07, 6.45) is 1.25. The molecule has 1 amide bonds. The first kappa shape index (κ1) is 21.2. The summed E-state index contributed by atoms with van der Waals surface area (Å²) in [5.74, 6) is 0. The van der Waals surface area contributed by atoms with Crippen LogP contribution in [0.15, 0.2) is 24.3 Å². The van der Waals surface area contributed by atoms with E-state index in [-0.39, 0.29) is 18.3 Å². The van der Waals surface area contributed by atoms with Crippen molar-refractivity contribution in [2.75, 3.05) is 13.1 Å². The molecule has 0 spiro atoms. The molecule has 0 unspecified atom stereocenters. The van der Waals surface area contributed by atoms with Gasteiger partial charge in [0, 0.05) is 36.8 Å². The third-order valence-electron chi connectivity index (χ3n) is 4.83. The first-order valence-electron chi connectivity index (χ1n) is 9.54. The van der Waals surface area contributed by atoms with E-state index in [9.17, 15) is 14.9 Å². The lowest BCUT2D eigenvalue weighted by atomic mass is 10.0. The third-order valence-corrected chi connectivity index (χ3v) is 4.83. The molecule has 1 aromatic carbocycles. The number of hydrogen-bond acceptors (Lipinski definition) is 5. The fraction of sp³-hybridized carbons (Fsp3) is 0.650. The maximum Gasteiger partial charge on any atom is 0.410 e. The summed E-state index contributed by atoms with van der Waals surface area (Å²) in [4.78, 5) is 27.9. The lowest BCUT2D eigenvalue weighted by Crippen LogP contribution is -2.49. The molecule has 27 heavy (non-hydrogen) atoms. The molecule has 0 aromatic heterocycles. The molecule has 1 aliphatic heterocycles. The highest BCUT2D eigenvalue weighted by atomic mass is 16.6. The monoisotopic (exact) mass is 377 g/mol. The van der Waals surface area contributed by atoms with Gasteiger partial charge in [0.2, 0.25) is 0 Å². The molecule has 0 bridgehead atoms. The molecule has 150 valence electrons. The number of amides is 1. The van der Waals surface area contributed by atoms with Gasteiger partial charge in [0.25, 0.3) is 5.69 Å². The van der Waals surface area contributed by atoms with E-state index in [0.29, 0.717) is 11.6 Å². The highest BCUT2D eigenvalue weighted by molar-refractivity contribution is 5.69. The minimum absolute atomic E-state index is 0.00894.